The first-order valence-electron chi connectivity index (χ1n) is 6.89. The van der Waals surface area contributed by atoms with Crippen LogP contribution >= 0.6 is 11.8 Å². The van der Waals surface area contributed by atoms with Crippen LogP contribution in [0.4, 0.5) is 0 Å². The minimum absolute atomic E-state index is 0.332. The molecule has 5 nitrogen and oxygen atoms in total. The Morgan fingerprint density at radius 3 is 2.17 bits per heavy atom. The van der Waals surface area contributed by atoms with E-state index < -0.39 is 24.5 Å². The van der Waals surface area contributed by atoms with Crippen LogP contribution < -0.4 is 0 Å². The molecule has 23 heavy (non-hydrogen) atoms. The minimum Gasteiger partial charge on any atom is -0.440 e. The van der Waals surface area contributed by atoms with E-state index in [2.05, 4.69) is 0 Å². The van der Waals surface area contributed by atoms with Crippen molar-refractivity contribution in [1.29, 1.82) is 0 Å². The molecule has 0 unspecified atom stereocenters. The van der Waals surface area contributed by atoms with E-state index in [0.29, 0.717) is 16.7 Å². The summed E-state index contributed by atoms with van der Waals surface area (Å²) in [6.07, 6.45) is 1.86. The summed E-state index contributed by atoms with van der Waals surface area (Å²) >= 11 is 1.42. The van der Waals surface area contributed by atoms with Gasteiger partial charge < -0.3 is 4.74 Å². The molecule has 3 rings (SSSR count). The van der Waals surface area contributed by atoms with Crippen molar-refractivity contribution in [2.45, 2.75) is 4.90 Å². The van der Waals surface area contributed by atoms with Crippen LogP contribution in [0.5, 0.6) is 0 Å². The van der Waals surface area contributed by atoms with Crippen LogP contribution in [-0.4, -0.2) is 35.7 Å². The lowest BCUT2D eigenvalue weighted by atomic mass is 10.1. The summed E-state index contributed by atoms with van der Waals surface area (Å²) < 4.78 is 5.16. The number of rotatable bonds is 4. The van der Waals surface area contributed by atoms with Crippen molar-refractivity contribution in [2.24, 2.45) is 0 Å². The van der Waals surface area contributed by atoms with E-state index in [1.165, 1.54) is 11.8 Å². The van der Waals surface area contributed by atoms with E-state index in [9.17, 15) is 14.4 Å². The van der Waals surface area contributed by atoms with E-state index in [4.69, 9.17) is 4.74 Å². The molecule has 116 valence electrons. The summed E-state index contributed by atoms with van der Waals surface area (Å²) in [7, 11) is 0. The van der Waals surface area contributed by atoms with Gasteiger partial charge in [-0.1, -0.05) is 24.3 Å². The first-order chi connectivity index (χ1) is 11.1. The molecule has 0 saturated carbocycles. The van der Waals surface area contributed by atoms with Crippen LogP contribution in [0.25, 0.3) is 0 Å². The van der Waals surface area contributed by atoms with Crippen LogP contribution in [0.1, 0.15) is 31.1 Å². The Balaban J connectivity index is 1.73. The molecular weight excluding hydrogens is 314 g/mol. The van der Waals surface area contributed by atoms with Crippen molar-refractivity contribution < 1.29 is 19.1 Å². The van der Waals surface area contributed by atoms with Crippen molar-refractivity contribution >= 4 is 29.5 Å². The molecule has 2 aromatic rings. The zero-order valence-corrected chi connectivity index (χ0v) is 13.1. The van der Waals surface area contributed by atoms with Crippen molar-refractivity contribution in [3.05, 3.63) is 65.2 Å². The van der Waals surface area contributed by atoms with Crippen LogP contribution in [-0.2, 0) is 4.74 Å². The predicted octanol–water partition coefficient (Wildman–Crippen LogP) is 2.82. The monoisotopic (exact) mass is 327 g/mol. The fraction of sp³-hybridized carbons (Fsp3) is 0.118. The van der Waals surface area contributed by atoms with E-state index in [1.54, 1.807) is 36.4 Å². The van der Waals surface area contributed by atoms with Crippen molar-refractivity contribution in [3.63, 3.8) is 0 Å². The average Bonchev–Trinajstić information content (AvgIpc) is 2.84. The van der Waals surface area contributed by atoms with Crippen LogP contribution in [0.3, 0.4) is 0 Å². The number of thioether (sulfide) groups is 1. The molecule has 1 aliphatic rings. The molecule has 2 amide bonds. The fourth-order valence-electron chi connectivity index (χ4n) is 2.37. The smallest absolute Gasteiger partial charge is 0.341 e. The molecule has 0 fully saturated rings. The summed E-state index contributed by atoms with van der Waals surface area (Å²) in [5.74, 6) is -1.46. The Morgan fingerprint density at radius 2 is 1.57 bits per heavy atom. The van der Waals surface area contributed by atoms with Crippen LogP contribution in [0.2, 0.25) is 0 Å². The molecule has 0 atom stereocenters. The van der Waals surface area contributed by atoms with Gasteiger partial charge in [0.25, 0.3) is 11.8 Å². The topological polar surface area (TPSA) is 63.7 Å². The Morgan fingerprint density at radius 1 is 1.00 bits per heavy atom. The van der Waals surface area contributed by atoms with Gasteiger partial charge in [-0.15, -0.1) is 11.8 Å². The van der Waals surface area contributed by atoms with Gasteiger partial charge in [-0.2, -0.15) is 0 Å². The summed E-state index contributed by atoms with van der Waals surface area (Å²) in [5, 5.41) is 0. The fourth-order valence-corrected chi connectivity index (χ4v) is 2.96. The summed E-state index contributed by atoms with van der Waals surface area (Å²) in [6, 6.07) is 13.6. The number of amides is 2. The van der Waals surface area contributed by atoms with Crippen molar-refractivity contribution in [2.75, 3.05) is 13.0 Å². The standard InChI is InChI=1S/C17H13NO4S/c1-23-14-9-5-4-8-13(14)17(21)22-10-18-15(19)11-6-2-3-7-12(11)16(18)20/h2-9H,10H2,1H3. The van der Waals surface area contributed by atoms with Gasteiger partial charge in [-0.05, 0) is 30.5 Å². The number of nitrogens with zero attached hydrogens (tertiary/aromatic N) is 1. The Hall–Kier alpha value is -2.60. The maximum Gasteiger partial charge on any atom is 0.341 e. The molecule has 2 aromatic carbocycles. The molecule has 6 heteroatoms. The predicted molar refractivity (Wildman–Crippen MR) is 85.4 cm³/mol. The third kappa shape index (κ3) is 2.73. The highest BCUT2D eigenvalue weighted by Gasteiger charge is 2.35. The minimum atomic E-state index is -0.563. The Labute approximate surface area is 137 Å². The highest BCUT2D eigenvalue weighted by Crippen LogP contribution is 2.23. The number of carbonyl (C=O) groups is 3. The van der Waals surface area contributed by atoms with E-state index in [0.717, 1.165) is 9.80 Å². The molecule has 1 aliphatic heterocycles. The Kier molecular flexibility index (Phi) is 4.16. The number of carbonyl (C=O) groups excluding carboxylic acids is 3. The van der Waals surface area contributed by atoms with Gasteiger partial charge in [-0.25, -0.2) is 9.69 Å². The zero-order chi connectivity index (χ0) is 16.4. The van der Waals surface area contributed by atoms with Crippen LogP contribution in [0, 0.1) is 0 Å². The van der Waals surface area contributed by atoms with Gasteiger partial charge >= 0.3 is 5.97 Å². The normalized spacial score (nSPS) is 13.2. The second-order valence-corrected chi connectivity index (χ2v) is 5.69. The van der Waals surface area contributed by atoms with Gasteiger partial charge in [0.15, 0.2) is 6.73 Å². The second-order valence-electron chi connectivity index (χ2n) is 4.85. The molecule has 0 spiro atoms. The van der Waals surface area contributed by atoms with E-state index >= 15 is 0 Å². The number of hydrogen-bond acceptors (Lipinski definition) is 5. The Bertz CT molecular complexity index is 768. The molecule has 0 N–H and O–H groups in total. The number of ether oxygens (including phenoxy) is 1. The molecule has 0 bridgehead atoms. The molecular formula is C17H13NO4S. The largest absolute Gasteiger partial charge is 0.440 e. The van der Waals surface area contributed by atoms with Gasteiger partial charge in [0, 0.05) is 4.90 Å². The molecule has 0 saturated heterocycles. The quantitative estimate of drug-likeness (QED) is 0.491. The third-order valence-corrected chi connectivity index (χ3v) is 4.33. The number of benzene rings is 2. The maximum atomic E-state index is 12.2. The lowest BCUT2D eigenvalue weighted by Crippen LogP contribution is -2.33. The number of imide groups is 1. The van der Waals surface area contributed by atoms with Crippen molar-refractivity contribution in [1.82, 2.24) is 4.90 Å². The molecule has 1 heterocycles. The SMILES string of the molecule is CSc1ccccc1C(=O)OCN1C(=O)c2ccccc2C1=O. The zero-order valence-electron chi connectivity index (χ0n) is 12.3. The number of fused-ring (bicyclic) bond motifs is 1. The third-order valence-electron chi connectivity index (χ3n) is 3.53. The molecule has 0 aliphatic carbocycles. The van der Waals surface area contributed by atoms with Gasteiger partial charge in [-0.3, -0.25) is 9.59 Å². The lowest BCUT2D eigenvalue weighted by molar-refractivity contribution is 0.0225. The first-order valence-corrected chi connectivity index (χ1v) is 8.11. The average molecular weight is 327 g/mol. The summed E-state index contributed by atoms with van der Waals surface area (Å²) in [6.45, 7) is -0.395. The summed E-state index contributed by atoms with van der Waals surface area (Å²) in [5.41, 5.74) is 1.08. The highest BCUT2D eigenvalue weighted by molar-refractivity contribution is 7.98. The van der Waals surface area contributed by atoms with Gasteiger partial charge in [0.2, 0.25) is 0 Å². The van der Waals surface area contributed by atoms with Gasteiger partial charge in [0.1, 0.15) is 0 Å². The van der Waals surface area contributed by atoms with E-state index in [-0.39, 0.29) is 0 Å². The van der Waals surface area contributed by atoms with E-state index in [1.807, 2.05) is 18.4 Å². The van der Waals surface area contributed by atoms with Crippen LogP contribution in [0.15, 0.2) is 53.4 Å². The van der Waals surface area contributed by atoms with Crippen molar-refractivity contribution in [3.8, 4) is 0 Å². The lowest BCUT2D eigenvalue weighted by Gasteiger charge is -2.14. The maximum absolute atomic E-state index is 12.2. The number of esters is 1. The first kappa shape index (κ1) is 15.3. The molecule has 0 radical (unpaired) electrons. The molecule has 0 aromatic heterocycles. The second kappa shape index (κ2) is 6.26. The highest BCUT2D eigenvalue weighted by atomic mass is 32.2. The van der Waals surface area contributed by atoms with Gasteiger partial charge in [0.05, 0.1) is 16.7 Å². The summed E-state index contributed by atoms with van der Waals surface area (Å²) in [4.78, 5) is 38.3. The number of hydrogen-bond donors (Lipinski definition) is 0.